The summed E-state index contributed by atoms with van der Waals surface area (Å²) < 4.78 is 40.0. The molecule has 2 aromatic heterocycles. The Bertz CT molecular complexity index is 1170. The van der Waals surface area contributed by atoms with E-state index in [9.17, 15) is 8.78 Å². The van der Waals surface area contributed by atoms with Crippen LogP contribution in [0.5, 0.6) is 11.6 Å². The van der Waals surface area contributed by atoms with E-state index in [2.05, 4.69) is 30.5 Å². The van der Waals surface area contributed by atoms with Gasteiger partial charge in [0.15, 0.2) is 11.9 Å². The van der Waals surface area contributed by atoms with Crippen molar-refractivity contribution >= 4 is 11.6 Å². The topological polar surface area (TPSA) is 90.2 Å². The molecule has 1 N–H and O–H groups in total. The quantitative estimate of drug-likeness (QED) is 0.589. The molecule has 2 bridgehead atoms. The van der Waals surface area contributed by atoms with Crippen molar-refractivity contribution in [3.8, 4) is 11.6 Å². The monoisotopic (exact) mass is 469 g/mol. The molecule has 1 unspecified atom stereocenters. The Kier molecular flexibility index (Phi) is 5.19. The maximum absolute atomic E-state index is 13.5. The van der Waals surface area contributed by atoms with Gasteiger partial charge in [0, 0.05) is 56.4 Å². The molecule has 1 saturated carbocycles. The van der Waals surface area contributed by atoms with Gasteiger partial charge < -0.3 is 19.7 Å². The Balaban J connectivity index is 1.14. The molecule has 4 atom stereocenters. The molecule has 1 aromatic carbocycles. The molecule has 11 heteroatoms. The molecular weight excluding hydrogens is 444 g/mol. The normalized spacial score (nSPS) is 25.3. The molecule has 1 saturated heterocycles. The first kappa shape index (κ1) is 21.1. The fourth-order valence-corrected chi connectivity index (χ4v) is 5.49. The number of aromatic nitrogens is 5. The minimum absolute atomic E-state index is 0.154. The number of anilines is 2. The van der Waals surface area contributed by atoms with Gasteiger partial charge in [-0.1, -0.05) is 0 Å². The van der Waals surface area contributed by atoms with E-state index in [1.165, 1.54) is 12.1 Å². The third-order valence-electron chi connectivity index (χ3n) is 7.03. The molecule has 1 aliphatic carbocycles. The van der Waals surface area contributed by atoms with Crippen molar-refractivity contribution in [2.45, 2.75) is 38.0 Å². The van der Waals surface area contributed by atoms with Crippen LogP contribution in [0.2, 0.25) is 0 Å². The van der Waals surface area contributed by atoms with Gasteiger partial charge in [-0.2, -0.15) is 10.1 Å². The van der Waals surface area contributed by atoms with Crippen LogP contribution < -0.4 is 19.7 Å². The zero-order valence-electron chi connectivity index (χ0n) is 18.7. The summed E-state index contributed by atoms with van der Waals surface area (Å²) in [5.74, 6) is 1.50. The lowest BCUT2D eigenvalue weighted by molar-refractivity contribution is 0.201. The van der Waals surface area contributed by atoms with Crippen LogP contribution in [0.1, 0.15) is 31.2 Å². The number of aryl methyl sites for hydroxylation is 1. The fraction of sp³-hybridized carbons (Fsp3) is 0.478. The number of ether oxygens (including phenoxy) is 2. The molecule has 9 nitrogen and oxygen atoms in total. The van der Waals surface area contributed by atoms with E-state index in [1.807, 2.05) is 10.7 Å². The first-order chi connectivity index (χ1) is 16.6. The number of nitrogens with zero attached hydrogens (tertiary/aromatic N) is 6. The maximum atomic E-state index is 13.5. The molecule has 0 spiro atoms. The SMILES string of the molecule is COc1cc(N2C[C@H]3CC[C@@H](C2)C3Nc2nc3n(n2)CC[C@H]3Oc2cc(F)cc(F)c2)cnn1. The molecular formula is C23H25F2N7O2. The largest absolute Gasteiger partial charge is 0.482 e. The third kappa shape index (κ3) is 3.88. The van der Waals surface area contributed by atoms with Gasteiger partial charge in [-0.15, -0.1) is 10.2 Å². The number of rotatable bonds is 6. The minimum atomic E-state index is -0.667. The van der Waals surface area contributed by atoms with Crippen LogP contribution >= 0.6 is 0 Å². The van der Waals surface area contributed by atoms with Crippen LogP contribution in [0.25, 0.3) is 0 Å². The van der Waals surface area contributed by atoms with Crippen molar-refractivity contribution in [3.63, 3.8) is 0 Å². The lowest BCUT2D eigenvalue weighted by Crippen LogP contribution is -2.48. The average Bonchev–Trinajstić information content (AvgIpc) is 3.44. The molecule has 3 aliphatic rings. The van der Waals surface area contributed by atoms with Gasteiger partial charge in [0.1, 0.15) is 17.4 Å². The third-order valence-corrected chi connectivity index (χ3v) is 7.03. The first-order valence-corrected chi connectivity index (χ1v) is 11.5. The van der Waals surface area contributed by atoms with Gasteiger partial charge >= 0.3 is 0 Å². The number of hydrogen-bond donors (Lipinski definition) is 1. The zero-order valence-corrected chi connectivity index (χ0v) is 18.7. The van der Waals surface area contributed by atoms with Gasteiger partial charge in [0.2, 0.25) is 11.8 Å². The number of methoxy groups -OCH3 is 1. The summed E-state index contributed by atoms with van der Waals surface area (Å²) in [7, 11) is 1.59. The molecule has 0 amide bonds. The predicted molar refractivity (Wildman–Crippen MR) is 119 cm³/mol. The van der Waals surface area contributed by atoms with Gasteiger partial charge in [0.25, 0.3) is 0 Å². The molecule has 2 fully saturated rings. The number of piperidine rings is 1. The van der Waals surface area contributed by atoms with Crippen molar-refractivity contribution in [1.29, 1.82) is 0 Å². The minimum Gasteiger partial charge on any atom is -0.482 e. The Hall–Kier alpha value is -3.50. The van der Waals surface area contributed by atoms with Crippen molar-refractivity contribution in [2.75, 3.05) is 30.4 Å². The average molecular weight is 469 g/mol. The van der Waals surface area contributed by atoms with Crippen LogP contribution in [-0.2, 0) is 6.54 Å². The van der Waals surface area contributed by atoms with Gasteiger partial charge in [-0.05, 0) is 24.7 Å². The Morgan fingerprint density at radius 2 is 1.79 bits per heavy atom. The van der Waals surface area contributed by atoms with Crippen molar-refractivity contribution in [1.82, 2.24) is 25.0 Å². The Morgan fingerprint density at radius 1 is 1.03 bits per heavy atom. The second-order valence-electron chi connectivity index (χ2n) is 9.15. The Morgan fingerprint density at radius 3 is 2.53 bits per heavy atom. The fourth-order valence-electron chi connectivity index (χ4n) is 5.49. The number of benzene rings is 1. The molecule has 178 valence electrons. The lowest BCUT2D eigenvalue weighted by Gasteiger charge is -2.39. The van der Waals surface area contributed by atoms with E-state index in [1.54, 1.807) is 13.3 Å². The molecule has 0 radical (unpaired) electrons. The second-order valence-corrected chi connectivity index (χ2v) is 9.15. The highest BCUT2D eigenvalue weighted by Crippen LogP contribution is 2.40. The van der Waals surface area contributed by atoms with Gasteiger partial charge in [-0.25, -0.2) is 13.5 Å². The molecule has 2 aliphatic heterocycles. The van der Waals surface area contributed by atoms with Gasteiger partial charge in [-0.3, -0.25) is 0 Å². The first-order valence-electron chi connectivity index (χ1n) is 11.5. The van der Waals surface area contributed by atoms with E-state index in [4.69, 9.17) is 9.47 Å². The van der Waals surface area contributed by atoms with Crippen LogP contribution in [0.3, 0.4) is 0 Å². The number of hydrogen-bond acceptors (Lipinski definition) is 8. The van der Waals surface area contributed by atoms with E-state index in [-0.39, 0.29) is 11.8 Å². The summed E-state index contributed by atoms with van der Waals surface area (Å²) in [6.07, 6.45) is 4.32. The Labute approximate surface area is 195 Å². The van der Waals surface area contributed by atoms with E-state index >= 15 is 0 Å². The molecule has 34 heavy (non-hydrogen) atoms. The van der Waals surface area contributed by atoms with E-state index in [0.29, 0.717) is 42.5 Å². The number of fused-ring (bicyclic) bond motifs is 3. The highest BCUT2D eigenvalue weighted by Gasteiger charge is 2.43. The van der Waals surface area contributed by atoms with Crippen LogP contribution in [-0.4, -0.2) is 51.2 Å². The summed E-state index contributed by atoms with van der Waals surface area (Å²) in [5.41, 5.74) is 1.02. The number of halogens is 2. The highest BCUT2D eigenvalue weighted by atomic mass is 19.1. The second kappa shape index (κ2) is 8.37. The summed E-state index contributed by atoms with van der Waals surface area (Å²) in [4.78, 5) is 7.03. The maximum Gasteiger partial charge on any atom is 0.242 e. The predicted octanol–water partition coefficient (Wildman–Crippen LogP) is 3.21. The van der Waals surface area contributed by atoms with Gasteiger partial charge in [0.05, 0.1) is 19.0 Å². The smallest absolute Gasteiger partial charge is 0.242 e. The van der Waals surface area contributed by atoms with Crippen LogP contribution in [0.15, 0.2) is 30.5 Å². The van der Waals surface area contributed by atoms with Crippen LogP contribution in [0.4, 0.5) is 20.4 Å². The number of nitrogens with one attached hydrogen (secondary N) is 1. The molecule has 4 heterocycles. The zero-order chi connectivity index (χ0) is 23.2. The summed E-state index contributed by atoms with van der Waals surface area (Å²) in [6.45, 7) is 2.47. The van der Waals surface area contributed by atoms with Crippen LogP contribution in [0, 0.1) is 23.5 Å². The highest BCUT2D eigenvalue weighted by molar-refractivity contribution is 5.48. The van der Waals surface area contributed by atoms with E-state index < -0.39 is 17.7 Å². The van der Waals surface area contributed by atoms with E-state index in [0.717, 1.165) is 37.7 Å². The summed E-state index contributed by atoms with van der Waals surface area (Å²) >= 11 is 0. The van der Waals surface area contributed by atoms with Crippen molar-refractivity contribution < 1.29 is 18.3 Å². The standard InChI is InChI=1S/C23H25F2N7O2/c1-33-20-9-17(10-26-29-20)31-11-13-2-3-14(12-31)21(13)27-23-28-22-19(4-5-32(22)30-23)34-18-7-15(24)6-16(25)8-18/h6-10,13-14,19,21H,2-5,11-12H2,1H3,(H,27,30)/t13-,14+,19-,21?/m1/s1. The lowest BCUT2D eigenvalue weighted by atomic mass is 9.92. The summed E-state index contributed by atoms with van der Waals surface area (Å²) in [6, 6.07) is 5.40. The van der Waals surface area contributed by atoms with Crippen molar-refractivity contribution in [2.24, 2.45) is 11.8 Å². The van der Waals surface area contributed by atoms with Crippen molar-refractivity contribution in [3.05, 3.63) is 47.9 Å². The molecule has 3 aromatic rings. The molecule has 6 rings (SSSR count). The summed E-state index contributed by atoms with van der Waals surface area (Å²) in [5, 5.41) is 16.2.